The largest absolute Gasteiger partial charge is 0.480 e. The molecule has 4 nitrogen and oxygen atoms in total. The molecule has 2 unspecified atom stereocenters. The highest BCUT2D eigenvalue weighted by Crippen LogP contribution is 2.10. The normalized spacial score (nSPS) is 14.4. The Balaban J connectivity index is 2.74. The maximum Gasteiger partial charge on any atom is 0.319 e. The minimum Gasteiger partial charge on any atom is -0.480 e. The number of carboxylic acid groups (broad SMARTS) is 1. The summed E-state index contributed by atoms with van der Waals surface area (Å²) in [5.41, 5.74) is 0.443. The molecule has 0 bridgehead atoms. The number of pyridine rings is 1. The zero-order chi connectivity index (χ0) is 12.1. The van der Waals surface area contributed by atoms with Gasteiger partial charge in [-0.25, -0.2) is 4.39 Å². The second-order valence-corrected chi connectivity index (χ2v) is 4.89. The monoisotopic (exact) mass is 245 g/mol. The van der Waals surface area contributed by atoms with Gasteiger partial charge in [-0.2, -0.15) is 0 Å². The van der Waals surface area contributed by atoms with E-state index in [4.69, 9.17) is 5.11 Å². The Kier molecular flexibility index (Phi) is 4.54. The molecule has 2 atom stereocenters. The molecule has 1 aromatic heterocycles. The third kappa shape index (κ3) is 3.37. The van der Waals surface area contributed by atoms with Crippen molar-refractivity contribution in [3.63, 3.8) is 0 Å². The standard InChI is InChI=1S/C10H12FNO3S/c1-2-9(10(13)14)16(15)6-7-3-8(11)5-12-4-7/h3-5,9H,2,6H2,1H3,(H,13,14). The molecule has 1 N–H and O–H groups in total. The molecular formula is C10H12FNO3S. The maximum atomic E-state index is 12.8. The molecule has 0 radical (unpaired) electrons. The van der Waals surface area contributed by atoms with Gasteiger partial charge in [0.15, 0.2) is 0 Å². The summed E-state index contributed by atoms with van der Waals surface area (Å²) in [6, 6.07) is 1.21. The fraction of sp³-hybridized carbons (Fsp3) is 0.400. The Hall–Kier alpha value is -1.30. The van der Waals surface area contributed by atoms with Crippen molar-refractivity contribution in [3.05, 3.63) is 29.8 Å². The van der Waals surface area contributed by atoms with Gasteiger partial charge in [0, 0.05) is 17.0 Å². The number of hydrogen-bond donors (Lipinski definition) is 1. The van der Waals surface area contributed by atoms with Gasteiger partial charge in [0.2, 0.25) is 0 Å². The van der Waals surface area contributed by atoms with Crippen LogP contribution in [-0.2, 0) is 21.3 Å². The van der Waals surface area contributed by atoms with Crippen LogP contribution < -0.4 is 0 Å². The van der Waals surface area contributed by atoms with Gasteiger partial charge in [-0.3, -0.25) is 14.0 Å². The van der Waals surface area contributed by atoms with Crippen molar-refractivity contribution in [1.82, 2.24) is 4.98 Å². The zero-order valence-electron chi connectivity index (χ0n) is 8.72. The molecule has 0 saturated carbocycles. The first kappa shape index (κ1) is 12.8. The topological polar surface area (TPSA) is 67.3 Å². The summed E-state index contributed by atoms with van der Waals surface area (Å²) in [6.07, 6.45) is 2.71. The summed E-state index contributed by atoms with van der Waals surface area (Å²) in [6.45, 7) is 1.65. The number of aromatic nitrogens is 1. The number of aliphatic carboxylic acids is 1. The fourth-order valence-electron chi connectivity index (χ4n) is 1.27. The van der Waals surface area contributed by atoms with Crippen molar-refractivity contribution in [3.8, 4) is 0 Å². The average molecular weight is 245 g/mol. The van der Waals surface area contributed by atoms with Crippen molar-refractivity contribution in [2.24, 2.45) is 0 Å². The van der Waals surface area contributed by atoms with Crippen LogP contribution in [0.25, 0.3) is 0 Å². The van der Waals surface area contributed by atoms with Crippen molar-refractivity contribution < 1.29 is 18.5 Å². The molecule has 0 aliphatic carbocycles. The first-order chi connectivity index (χ1) is 7.54. The average Bonchev–Trinajstić information content (AvgIpc) is 2.17. The lowest BCUT2D eigenvalue weighted by molar-refractivity contribution is -0.136. The van der Waals surface area contributed by atoms with Gasteiger partial charge in [0.1, 0.15) is 11.1 Å². The van der Waals surface area contributed by atoms with Crippen LogP contribution in [0.3, 0.4) is 0 Å². The Morgan fingerprint density at radius 2 is 2.31 bits per heavy atom. The maximum absolute atomic E-state index is 12.8. The third-order valence-electron chi connectivity index (χ3n) is 2.03. The molecule has 0 spiro atoms. The molecule has 1 heterocycles. The van der Waals surface area contributed by atoms with Crippen molar-refractivity contribution in [2.75, 3.05) is 0 Å². The molecule has 0 saturated heterocycles. The van der Waals surface area contributed by atoms with Crippen molar-refractivity contribution in [2.45, 2.75) is 24.3 Å². The van der Waals surface area contributed by atoms with E-state index < -0.39 is 27.8 Å². The first-order valence-corrected chi connectivity index (χ1v) is 6.12. The number of hydrogen-bond acceptors (Lipinski definition) is 3. The van der Waals surface area contributed by atoms with Crippen LogP contribution in [0, 0.1) is 5.82 Å². The van der Waals surface area contributed by atoms with E-state index in [-0.39, 0.29) is 12.2 Å². The highest BCUT2D eigenvalue weighted by Gasteiger charge is 2.22. The van der Waals surface area contributed by atoms with E-state index in [0.29, 0.717) is 5.56 Å². The molecule has 88 valence electrons. The van der Waals surface area contributed by atoms with E-state index in [0.717, 1.165) is 6.20 Å². The molecule has 0 amide bonds. The van der Waals surface area contributed by atoms with Gasteiger partial charge >= 0.3 is 5.97 Å². The summed E-state index contributed by atoms with van der Waals surface area (Å²) in [5, 5.41) is 7.88. The number of nitrogens with zero attached hydrogens (tertiary/aromatic N) is 1. The zero-order valence-corrected chi connectivity index (χ0v) is 9.54. The molecular weight excluding hydrogens is 233 g/mol. The summed E-state index contributed by atoms with van der Waals surface area (Å²) in [5.74, 6) is -1.60. The van der Waals surface area contributed by atoms with Gasteiger partial charge in [-0.05, 0) is 18.1 Å². The van der Waals surface area contributed by atoms with Gasteiger partial charge in [0.25, 0.3) is 0 Å². The second-order valence-electron chi connectivity index (χ2n) is 3.27. The predicted octanol–water partition coefficient (Wildman–Crippen LogP) is 1.33. The van der Waals surface area contributed by atoms with Gasteiger partial charge < -0.3 is 5.11 Å². The molecule has 1 rings (SSSR count). The van der Waals surface area contributed by atoms with Crippen LogP contribution in [0.2, 0.25) is 0 Å². The molecule has 0 aliphatic rings. The van der Waals surface area contributed by atoms with E-state index >= 15 is 0 Å². The lowest BCUT2D eigenvalue weighted by Gasteiger charge is -2.09. The summed E-state index contributed by atoms with van der Waals surface area (Å²) >= 11 is 0. The highest BCUT2D eigenvalue weighted by atomic mass is 32.2. The SMILES string of the molecule is CCC(C(=O)O)S(=O)Cc1cncc(F)c1. The van der Waals surface area contributed by atoms with E-state index in [1.807, 2.05) is 0 Å². The molecule has 0 fully saturated rings. The van der Waals surface area contributed by atoms with Crippen LogP contribution >= 0.6 is 0 Å². The first-order valence-electron chi connectivity index (χ1n) is 4.74. The molecule has 6 heteroatoms. The van der Waals surface area contributed by atoms with Crippen LogP contribution in [0.15, 0.2) is 18.5 Å². The van der Waals surface area contributed by atoms with Gasteiger partial charge in [-0.1, -0.05) is 6.92 Å². The molecule has 1 aromatic rings. The van der Waals surface area contributed by atoms with E-state index in [1.54, 1.807) is 6.92 Å². The highest BCUT2D eigenvalue weighted by molar-refractivity contribution is 7.85. The molecule has 16 heavy (non-hydrogen) atoms. The lowest BCUT2D eigenvalue weighted by Crippen LogP contribution is -2.25. The van der Waals surface area contributed by atoms with E-state index in [1.165, 1.54) is 12.3 Å². The summed E-state index contributed by atoms with van der Waals surface area (Å²) < 4.78 is 24.5. The Morgan fingerprint density at radius 1 is 1.62 bits per heavy atom. The second kappa shape index (κ2) is 5.69. The van der Waals surface area contributed by atoms with Gasteiger partial charge in [0.05, 0.1) is 11.9 Å². The molecule has 0 aromatic carbocycles. The summed E-state index contributed by atoms with van der Waals surface area (Å²) in [7, 11) is -1.55. The smallest absolute Gasteiger partial charge is 0.319 e. The minimum absolute atomic E-state index is 0.00949. The Morgan fingerprint density at radius 3 is 2.81 bits per heavy atom. The Bertz CT molecular complexity index is 411. The van der Waals surface area contributed by atoms with Crippen LogP contribution in [-0.4, -0.2) is 25.5 Å². The number of rotatable bonds is 5. The van der Waals surface area contributed by atoms with Crippen LogP contribution in [0.5, 0.6) is 0 Å². The van der Waals surface area contributed by atoms with E-state index in [9.17, 15) is 13.4 Å². The van der Waals surface area contributed by atoms with Crippen molar-refractivity contribution >= 4 is 16.8 Å². The van der Waals surface area contributed by atoms with Gasteiger partial charge in [-0.15, -0.1) is 0 Å². The fourth-order valence-corrected chi connectivity index (χ4v) is 2.56. The third-order valence-corrected chi connectivity index (χ3v) is 3.82. The quantitative estimate of drug-likeness (QED) is 0.849. The van der Waals surface area contributed by atoms with Crippen molar-refractivity contribution in [1.29, 1.82) is 0 Å². The lowest BCUT2D eigenvalue weighted by atomic mass is 10.3. The summed E-state index contributed by atoms with van der Waals surface area (Å²) in [4.78, 5) is 14.4. The number of carbonyl (C=O) groups is 1. The van der Waals surface area contributed by atoms with Crippen LogP contribution in [0.1, 0.15) is 18.9 Å². The van der Waals surface area contributed by atoms with Crippen LogP contribution in [0.4, 0.5) is 4.39 Å². The Labute approximate surface area is 95.0 Å². The van der Waals surface area contributed by atoms with E-state index in [2.05, 4.69) is 4.98 Å². The minimum atomic E-state index is -1.55. The number of halogens is 1. The molecule has 0 aliphatic heterocycles. The predicted molar refractivity (Wildman–Crippen MR) is 57.8 cm³/mol. The number of carboxylic acids is 1.